The number of likely N-dealkylation sites (N-methyl/N-ethyl adjacent to an activating group) is 1. The number of ether oxygens (including phenoxy) is 1. The SMILES string of the molecule is COc1cccc(NC(=O)C[NH+](C)Cc2ccsc2)c1. The van der Waals surface area contributed by atoms with E-state index in [1.807, 2.05) is 31.3 Å². The summed E-state index contributed by atoms with van der Waals surface area (Å²) >= 11 is 1.68. The number of hydrogen-bond acceptors (Lipinski definition) is 3. The number of anilines is 1. The third-order valence-electron chi connectivity index (χ3n) is 2.90. The van der Waals surface area contributed by atoms with E-state index in [1.165, 1.54) is 5.56 Å². The Balaban J connectivity index is 1.85. The Kier molecular flexibility index (Phi) is 5.15. The van der Waals surface area contributed by atoms with E-state index in [0.29, 0.717) is 6.54 Å². The van der Waals surface area contributed by atoms with Crippen LogP contribution in [0.25, 0.3) is 0 Å². The van der Waals surface area contributed by atoms with Gasteiger partial charge in [-0.1, -0.05) is 6.07 Å². The van der Waals surface area contributed by atoms with Crippen LogP contribution in [-0.4, -0.2) is 26.6 Å². The fourth-order valence-corrected chi connectivity index (χ4v) is 2.65. The average Bonchev–Trinajstić information content (AvgIpc) is 2.91. The molecule has 0 saturated carbocycles. The van der Waals surface area contributed by atoms with Crippen molar-refractivity contribution in [2.45, 2.75) is 6.54 Å². The summed E-state index contributed by atoms with van der Waals surface area (Å²) in [4.78, 5) is 13.1. The first-order valence-electron chi connectivity index (χ1n) is 6.43. The molecule has 106 valence electrons. The number of hydrogen-bond donors (Lipinski definition) is 2. The van der Waals surface area contributed by atoms with Crippen LogP contribution in [0.3, 0.4) is 0 Å². The number of methoxy groups -OCH3 is 1. The van der Waals surface area contributed by atoms with Crippen molar-refractivity contribution < 1.29 is 14.4 Å². The lowest BCUT2D eigenvalue weighted by molar-refractivity contribution is -0.885. The highest BCUT2D eigenvalue weighted by atomic mass is 32.1. The topological polar surface area (TPSA) is 42.8 Å². The number of thiophene rings is 1. The second-order valence-electron chi connectivity index (χ2n) is 4.72. The normalized spacial score (nSPS) is 11.9. The molecule has 0 fully saturated rings. The van der Waals surface area contributed by atoms with E-state index in [0.717, 1.165) is 22.9 Å². The van der Waals surface area contributed by atoms with E-state index in [-0.39, 0.29) is 5.91 Å². The van der Waals surface area contributed by atoms with Crippen LogP contribution in [0.2, 0.25) is 0 Å². The largest absolute Gasteiger partial charge is 0.497 e. The van der Waals surface area contributed by atoms with Crippen LogP contribution in [-0.2, 0) is 11.3 Å². The van der Waals surface area contributed by atoms with Gasteiger partial charge in [-0.3, -0.25) is 4.79 Å². The van der Waals surface area contributed by atoms with E-state index < -0.39 is 0 Å². The van der Waals surface area contributed by atoms with Crippen LogP contribution in [0.1, 0.15) is 5.56 Å². The maximum absolute atomic E-state index is 12.0. The molecule has 1 unspecified atom stereocenters. The second-order valence-corrected chi connectivity index (χ2v) is 5.50. The third-order valence-corrected chi connectivity index (χ3v) is 3.63. The van der Waals surface area contributed by atoms with Gasteiger partial charge in [0.05, 0.1) is 14.2 Å². The predicted molar refractivity (Wildman–Crippen MR) is 81.4 cm³/mol. The van der Waals surface area contributed by atoms with Gasteiger partial charge in [0.2, 0.25) is 0 Å². The number of quaternary nitrogens is 1. The van der Waals surface area contributed by atoms with E-state index in [2.05, 4.69) is 22.1 Å². The molecule has 0 aliphatic carbocycles. The zero-order chi connectivity index (χ0) is 14.4. The molecule has 2 aromatic rings. The van der Waals surface area contributed by atoms with Gasteiger partial charge in [0.15, 0.2) is 6.54 Å². The average molecular weight is 291 g/mol. The number of benzene rings is 1. The van der Waals surface area contributed by atoms with Crippen molar-refractivity contribution in [3.63, 3.8) is 0 Å². The van der Waals surface area contributed by atoms with Gasteiger partial charge in [-0.2, -0.15) is 11.3 Å². The minimum absolute atomic E-state index is 0.00554. The van der Waals surface area contributed by atoms with Crippen molar-refractivity contribution in [3.8, 4) is 5.75 Å². The van der Waals surface area contributed by atoms with Gasteiger partial charge in [0.25, 0.3) is 5.91 Å². The fraction of sp³-hybridized carbons (Fsp3) is 0.267. The van der Waals surface area contributed by atoms with E-state index in [1.54, 1.807) is 18.4 Å². The van der Waals surface area contributed by atoms with Crippen molar-refractivity contribution in [2.75, 3.05) is 26.0 Å². The Labute approximate surface area is 123 Å². The monoisotopic (exact) mass is 291 g/mol. The molecule has 0 aliphatic rings. The molecule has 1 heterocycles. The molecule has 1 atom stereocenters. The van der Waals surface area contributed by atoms with Crippen LogP contribution < -0.4 is 15.0 Å². The molecule has 0 radical (unpaired) electrons. The summed E-state index contributed by atoms with van der Waals surface area (Å²) in [6, 6.07) is 9.47. The number of carbonyl (C=O) groups is 1. The third kappa shape index (κ3) is 4.36. The van der Waals surface area contributed by atoms with Crippen LogP contribution in [0.4, 0.5) is 5.69 Å². The molecule has 2 N–H and O–H groups in total. The summed E-state index contributed by atoms with van der Waals surface area (Å²) < 4.78 is 5.13. The van der Waals surface area contributed by atoms with Crippen molar-refractivity contribution in [2.24, 2.45) is 0 Å². The van der Waals surface area contributed by atoms with Crippen LogP contribution in [0.15, 0.2) is 41.1 Å². The quantitative estimate of drug-likeness (QED) is 0.845. The molecule has 0 bridgehead atoms. The first kappa shape index (κ1) is 14.6. The maximum Gasteiger partial charge on any atom is 0.279 e. The lowest BCUT2D eigenvalue weighted by atomic mass is 10.3. The van der Waals surface area contributed by atoms with Gasteiger partial charge in [0, 0.05) is 17.3 Å². The lowest BCUT2D eigenvalue weighted by Crippen LogP contribution is -3.08. The summed E-state index contributed by atoms with van der Waals surface area (Å²) in [7, 11) is 3.63. The highest BCUT2D eigenvalue weighted by molar-refractivity contribution is 7.07. The van der Waals surface area contributed by atoms with E-state index in [4.69, 9.17) is 4.74 Å². The molecule has 20 heavy (non-hydrogen) atoms. The fourth-order valence-electron chi connectivity index (χ4n) is 1.98. The Hall–Kier alpha value is -1.85. The van der Waals surface area contributed by atoms with Gasteiger partial charge >= 0.3 is 0 Å². The van der Waals surface area contributed by atoms with Gasteiger partial charge in [-0.05, 0) is 29.0 Å². The number of carbonyl (C=O) groups excluding carboxylic acids is 1. The van der Waals surface area contributed by atoms with Crippen LogP contribution in [0, 0.1) is 0 Å². The molecule has 1 aromatic carbocycles. The van der Waals surface area contributed by atoms with Crippen LogP contribution in [0.5, 0.6) is 5.75 Å². The summed E-state index contributed by atoms with van der Waals surface area (Å²) in [5.41, 5.74) is 2.03. The first-order valence-corrected chi connectivity index (χ1v) is 7.38. The van der Waals surface area contributed by atoms with Gasteiger partial charge in [0.1, 0.15) is 12.3 Å². The Bertz CT molecular complexity index is 555. The molecular weight excluding hydrogens is 272 g/mol. The maximum atomic E-state index is 12.0. The molecule has 0 spiro atoms. The van der Waals surface area contributed by atoms with E-state index in [9.17, 15) is 4.79 Å². The molecule has 0 aliphatic heterocycles. The minimum Gasteiger partial charge on any atom is -0.497 e. The Morgan fingerprint density at radius 2 is 2.25 bits per heavy atom. The lowest BCUT2D eigenvalue weighted by Gasteiger charge is -2.13. The highest BCUT2D eigenvalue weighted by Crippen LogP contribution is 2.16. The summed E-state index contributed by atoms with van der Waals surface area (Å²) in [5, 5.41) is 7.06. The molecule has 1 amide bonds. The zero-order valence-corrected chi connectivity index (χ0v) is 12.5. The number of amides is 1. The summed E-state index contributed by atoms with van der Waals surface area (Å²) in [5.74, 6) is 0.743. The van der Waals surface area contributed by atoms with Crippen molar-refractivity contribution in [3.05, 3.63) is 46.7 Å². The minimum atomic E-state index is 0.00554. The van der Waals surface area contributed by atoms with Crippen molar-refractivity contribution in [1.82, 2.24) is 0 Å². The Morgan fingerprint density at radius 3 is 2.95 bits per heavy atom. The van der Waals surface area contributed by atoms with E-state index >= 15 is 0 Å². The molecular formula is C15H19N2O2S+. The molecule has 1 aromatic heterocycles. The van der Waals surface area contributed by atoms with Gasteiger partial charge in [-0.25, -0.2) is 0 Å². The summed E-state index contributed by atoms with van der Waals surface area (Å²) in [6.45, 7) is 1.29. The second kappa shape index (κ2) is 7.07. The standard InChI is InChI=1S/C15H18N2O2S/c1-17(9-12-6-7-20-11-12)10-15(18)16-13-4-3-5-14(8-13)19-2/h3-8,11H,9-10H2,1-2H3,(H,16,18)/p+1. The number of rotatable bonds is 6. The smallest absolute Gasteiger partial charge is 0.279 e. The number of nitrogens with one attached hydrogen (secondary N) is 2. The Morgan fingerprint density at radius 1 is 1.40 bits per heavy atom. The van der Waals surface area contributed by atoms with Crippen molar-refractivity contribution >= 4 is 22.9 Å². The van der Waals surface area contributed by atoms with Gasteiger partial charge < -0.3 is 15.0 Å². The molecule has 5 heteroatoms. The summed E-state index contributed by atoms with van der Waals surface area (Å²) in [6.07, 6.45) is 0. The molecule has 2 rings (SSSR count). The highest BCUT2D eigenvalue weighted by Gasteiger charge is 2.11. The zero-order valence-electron chi connectivity index (χ0n) is 11.7. The van der Waals surface area contributed by atoms with Gasteiger partial charge in [-0.15, -0.1) is 0 Å². The molecule has 0 saturated heterocycles. The molecule has 4 nitrogen and oxygen atoms in total. The first-order chi connectivity index (χ1) is 9.67. The van der Waals surface area contributed by atoms with Crippen molar-refractivity contribution in [1.29, 1.82) is 0 Å². The van der Waals surface area contributed by atoms with Crippen LogP contribution >= 0.6 is 11.3 Å². The predicted octanol–water partition coefficient (Wildman–Crippen LogP) is 1.41.